The number of allylic oxidation sites excluding steroid dienone is 10. The van der Waals surface area contributed by atoms with Crippen LogP contribution in [0.5, 0.6) is 0 Å². The number of alkyl halides is 4. The summed E-state index contributed by atoms with van der Waals surface area (Å²) >= 11 is 0. The van der Waals surface area contributed by atoms with Gasteiger partial charge in [-0.25, -0.2) is 4.39 Å². The molecule has 4 heteroatoms. The first kappa shape index (κ1) is 19.2. The van der Waals surface area contributed by atoms with E-state index in [2.05, 4.69) is 13.2 Å². The van der Waals surface area contributed by atoms with Gasteiger partial charge in [0.2, 0.25) is 0 Å². The van der Waals surface area contributed by atoms with Gasteiger partial charge >= 0.3 is 6.18 Å². The molecule has 0 aromatic heterocycles. The highest BCUT2D eigenvalue weighted by Gasteiger charge is 2.58. The molecule has 0 nitrogen and oxygen atoms in total. The van der Waals surface area contributed by atoms with E-state index in [1.54, 1.807) is 13.8 Å². The highest BCUT2D eigenvalue weighted by molar-refractivity contribution is 5.46. The first-order chi connectivity index (χ1) is 9.85. The van der Waals surface area contributed by atoms with Crippen LogP contribution in [0.25, 0.3) is 0 Å². The Balaban J connectivity index is 6.62. The van der Waals surface area contributed by atoms with E-state index < -0.39 is 18.3 Å². The monoisotopic (exact) mass is 300 g/mol. The van der Waals surface area contributed by atoms with Gasteiger partial charge in [0.1, 0.15) is 12.1 Å². The van der Waals surface area contributed by atoms with Crippen molar-refractivity contribution in [1.82, 2.24) is 0 Å². The Labute approximate surface area is 123 Å². The number of hydrogen-bond acceptors (Lipinski definition) is 0. The van der Waals surface area contributed by atoms with Crippen molar-refractivity contribution in [2.24, 2.45) is 5.41 Å². The van der Waals surface area contributed by atoms with E-state index in [4.69, 9.17) is 0 Å². The minimum absolute atomic E-state index is 0.207. The van der Waals surface area contributed by atoms with Crippen molar-refractivity contribution in [2.45, 2.75) is 20.0 Å². The van der Waals surface area contributed by atoms with Crippen molar-refractivity contribution >= 4 is 0 Å². The minimum atomic E-state index is -4.80. The van der Waals surface area contributed by atoms with E-state index in [9.17, 15) is 17.6 Å². The molecule has 0 unspecified atom stereocenters. The van der Waals surface area contributed by atoms with E-state index >= 15 is 0 Å². The molecule has 0 saturated heterocycles. The van der Waals surface area contributed by atoms with Crippen molar-refractivity contribution in [3.8, 4) is 0 Å². The summed E-state index contributed by atoms with van der Waals surface area (Å²) < 4.78 is 54.8. The van der Waals surface area contributed by atoms with Crippen LogP contribution in [0.1, 0.15) is 13.8 Å². The van der Waals surface area contributed by atoms with Gasteiger partial charge in [-0.2, -0.15) is 13.2 Å². The molecule has 0 heterocycles. The van der Waals surface area contributed by atoms with Crippen LogP contribution in [0.3, 0.4) is 0 Å². The van der Waals surface area contributed by atoms with Crippen molar-refractivity contribution in [3.05, 3.63) is 72.9 Å². The summed E-state index contributed by atoms with van der Waals surface area (Å²) in [6, 6.07) is 0. The van der Waals surface area contributed by atoms with Crippen LogP contribution in [0.2, 0.25) is 0 Å². The molecule has 0 aliphatic carbocycles. The van der Waals surface area contributed by atoms with E-state index in [-0.39, 0.29) is 11.1 Å². The Morgan fingerprint density at radius 3 is 1.48 bits per heavy atom. The molecule has 0 saturated carbocycles. The normalized spacial score (nSPS) is 17.2. The molecule has 0 aromatic carbocycles. The average Bonchev–Trinajstić information content (AvgIpc) is 2.39. The van der Waals surface area contributed by atoms with Gasteiger partial charge in [-0.05, 0) is 25.0 Å². The smallest absolute Gasteiger partial charge is 0.249 e. The lowest BCUT2D eigenvalue weighted by atomic mass is 9.72. The Bertz CT molecular complexity index is 440. The topological polar surface area (TPSA) is 0 Å². The third kappa shape index (κ3) is 4.06. The summed E-state index contributed by atoms with van der Waals surface area (Å²) in [5.41, 5.74) is -3.16. The molecule has 0 amide bonds. The SMILES string of the molecule is C=C/C=C(\C=C/C)C(CF)(C(/C=C\C)=C/C=C)C(F)(F)F. The second-order valence-electron chi connectivity index (χ2n) is 4.25. The standard InChI is InChI=1S/C17H20F4/c1-5-9-14(10-6-2)16(13-18,17(19,20)21)15(11-7-3)12-8-4/h5-12H,1,3,13H2,2,4H3/b10-6-,12-8-,14-9+,15-11+. The Morgan fingerprint density at radius 1 is 0.905 bits per heavy atom. The third-order valence-corrected chi connectivity index (χ3v) is 2.96. The second kappa shape index (κ2) is 8.45. The van der Waals surface area contributed by atoms with Crippen LogP contribution in [-0.2, 0) is 0 Å². The van der Waals surface area contributed by atoms with E-state index in [0.717, 1.165) is 0 Å². The summed E-state index contributed by atoms with van der Waals surface area (Å²) in [5.74, 6) is 0. The maximum atomic E-state index is 13.7. The van der Waals surface area contributed by atoms with Crippen LogP contribution in [0.4, 0.5) is 17.6 Å². The van der Waals surface area contributed by atoms with Crippen LogP contribution in [0.15, 0.2) is 72.9 Å². The van der Waals surface area contributed by atoms with Crippen molar-refractivity contribution in [3.63, 3.8) is 0 Å². The van der Waals surface area contributed by atoms with E-state index in [1.807, 2.05) is 0 Å². The quantitative estimate of drug-likeness (QED) is 0.407. The molecular weight excluding hydrogens is 280 g/mol. The lowest BCUT2D eigenvalue weighted by Gasteiger charge is -2.36. The molecule has 0 aliphatic heterocycles. The van der Waals surface area contributed by atoms with Gasteiger partial charge in [0.05, 0.1) is 0 Å². The Morgan fingerprint density at radius 2 is 1.29 bits per heavy atom. The third-order valence-electron chi connectivity index (χ3n) is 2.96. The summed E-state index contributed by atoms with van der Waals surface area (Å²) in [6.07, 6.45) is 5.34. The van der Waals surface area contributed by atoms with Crippen molar-refractivity contribution in [2.75, 3.05) is 6.67 Å². The molecule has 116 valence electrons. The van der Waals surface area contributed by atoms with E-state index in [0.29, 0.717) is 0 Å². The highest BCUT2D eigenvalue weighted by Crippen LogP contribution is 2.51. The molecule has 0 aromatic rings. The molecule has 0 spiro atoms. The van der Waals surface area contributed by atoms with Crippen LogP contribution >= 0.6 is 0 Å². The summed E-state index contributed by atoms with van der Waals surface area (Å²) in [7, 11) is 0. The van der Waals surface area contributed by atoms with Crippen molar-refractivity contribution < 1.29 is 17.6 Å². The first-order valence-electron chi connectivity index (χ1n) is 6.40. The van der Waals surface area contributed by atoms with Gasteiger partial charge in [-0.3, -0.25) is 0 Å². The predicted molar refractivity (Wildman–Crippen MR) is 80.7 cm³/mol. The molecule has 0 rings (SSSR count). The van der Waals surface area contributed by atoms with Gasteiger partial charge in [0.25, 0.3) is 0 Å². The zero-order chi connectivity index (χ0) is 16.5. The highest BCUT2D eigenvalue weighted by atomic mass is 19.4. The molecular formula is C17H20F4. The molecule has 0 fully saturated rings. The fourth-order valence-electron chi connectivity index (χ4n) is 2.02. The maximum absolute atomic E-state index is 13.7. The molecule has 21 heavy (non-hydrogen) atoms. The second-order valence-corrected chi connectivity index (χ2v) is 4.25. The minimum Gasteiger partial charge on any atom is -0.249 e. The first-order valence-corrected chi connectivity index (χ1v) is 6.40. The number of rotatable bonds is 7. The summed E-state index contributed by atoms with van der Waals surface area (Å²) in [4.78, 5) is 0. The fraction of sp³-hybridized carbons (Fsp3) is 0.294. The van der Waals surface area contributed by atoms with Gasteiger partial charge < -0.3 is 0 Å². The molecule has 0 aliphatic rings. The molecule has 0 radical (unpaired) electrons. The fourth-order valence-corrected chi connectivity index (χ4v) is 2.02. The van der Waals surface area contributed by atoms with Crippen LogP contribution in [0, 0.1) is 5.41 Å². The van der Waals surface area contributed by atoms with E-state index in [1.165, 1.54) is 48.6 Å². The lowest BCUT2D eigenvalue weighted by molar-refractivity contribution is -0.198. The van der Waals surface area contributed by atoms with Crippen LogP contribution < -0.4 is 0 Å². The van der Waals surface area contributed by atoms with Gasteiger partial charge in [-0.1, -0.05) is 61.8 Å². The van der Waals surface area contributed by atoms with Gasteiger partial charge in [0, 0.05) is 0 Å². The molecule has 0 atom stereocenters. The predicted octanol–water partition coefficient (Wildman–Crippen LogP) is 5.88. The largest absolute Gasteiger partial charge is 0.404 e. The molecule has 0 N–H and O–H groups in total. The Hall–Kier alpha value is -1.84. The van der Waals surface area contributed by atoms with Gasteiger partial charge in [-0.15, -0.1) is 0 Å². The number of hydrogen-bond donors (Lipinski definition) is 0. The van der Waals surface area contributed by atoms with Crippen molar-refractivity contribution in [1.29, 1.82) is 0 Å². The zero-order valence-corrected chi connectivity index (χ0v) is 12.3. The summed E-state index contributed by atoms with van der Waals surface area (Å²) in [5, 5.41) is 0. The zero-order valence-electron chi connectivity index (χ0n) is 12.3. The summed E-state index contributed by atoms with van der Waals surface area (Å²) in [6.45, 7) is 8.35. The molecule has 0 bridgehead atoms. The van der Waals surface area contributed by atoms with Gasteiger partial charge in [0.15, 0.2) is 0 Å². The average molecular weight is 300 g/mol. The lowest BCUT2D eigenvalue weighted by Crippen LogP contribution is -2.43. The Kier molecular flexibility index (Phi) is 7.71. The maximum Gasteiger partial charge on any atom is 0.404 e. The van der Waals surface area contributed by atoms with Crippen LogP contribution in [-0.4, -0.2) is 12.9 Å². The number of halogens is 4.